The van der Waals surface area contributed by atoms with Gasteiger partial charge in [0.25, 0.3) is 0 Å². The molecule has 4 rings (SSSR count). The van der Waals surface area contributed by atoms with Crippen molar-refractivity contribution in [2.75, 3.05) is 7.11 Å². The molecule has 1 aliphatic rings. The number of para-hydroxylation sites is 1. The zero-order valence-corrected chi connectivity index (χ0v) is 17.5. The van der Waals surface area contributed by atoms with Crippen LogP contribution in [0.2, 0.25) is 0 Å². The summed E-state index contributed by atoms with van der Waals surface area (Å²) in [5.74, 6) is -2.99. The average molecular weight is 476 g/mol. The topological polar surface area (TPSA) is 196 Å². The molecule has 0 amide bonds. The Balaban J connectivity index is 1.83. The number of carbonyl (C=O) groups is 1. The molecule has 1 saturated heterocycles. The Labute approximate surface area is 190 Å². The van der Waals surface area contributed by atoms with Gasteiger partial charge in [0.15, 0.2) is 22.9 Å². The molecule has 6 N–H and O–H groups in total. The van der Waals surface area contributed by atoms with E-state index in [4.69, 9.17) is 18.6 Å². The summed E-state index contributed by atoms with van der Waals surface area (Å²) in [5.41, 5.74) is -0.758. The van der Waals surface area contributed by atoms with Gasteiger partial charge in [-0.05, 0) is 12.1 Å². The molecule has 2 aromatic carbocycles. The number of fused-ring (bicyclic) bond motifs is 1. The first-order valence-electron chi connectivity index (χ1n) is 9.89. The summed E-state index contributed by atoms with van der Waals surface area (Å²) < 4.78 is 21.6. The summed E-state index contributed by atoms with van der Waals surface area (Å²) >= 11 is 0. The van der Waals surface area contributed by atoms with E-state index in [0.29, 0.717) is 0 Å². The molecule has 12 heteroatoms. The number of rotatable bonds is 5. The van der Waals surface area contributed by atoms with E-state index >= 15 is 0 Å². The maximum atomic E-state index is 12.7. The molecule has 1 fully saturated rings. The highest BCUT2D eigenvalue weighted by Gasteiger charge is 2.48. The van der Waals surface area contributed by atoms with Crippen LogP contribution in [0.25, 0.3) is 22.3 Å². The van der Waals surface area contributed by atoms with Gasteiger partial charge < -0.3 is 49.3 Å². The van der Waals surface area contributed by atoms with Gasteiger partial charge in [-0.3, -0.25) is 4.79 Å². The van der Waals surface area contributed by atoms with E-state index in [0.717, 1.165) is 12.1 Å². The Morgan fingerprint density at radius 2 is 1.71 bits per heavy atom. The van der Waals surface area contributed by atoms with Crippen molar-refractivity contribution < 1.29 is 54.1 Å². The van der Waals surface area contributed by atoms with Crippen molar-refractivity contribution in [1.29, 1.82) is 0 Å². The van der Waals surface area contributed by atoms with Crippen LogP contribution >= 0.6 is 0 Å². The van der Waals surface area contributed by atoms with Crippen LogP contribution in [0.3, 0.4) is 0 Å². The SMILES string of the molecule is COc1c(O[C@@H]2OC(C(=O)O)[C@@H](O)[C@H](O)C2O)cc(O)c2c(=O)cc(-c3ccccc3O)oc12. The van der Waals surface area contributed by atoms with E-state index in [-0.39, 0.29) is 39.5 Å². The lowest BCUT2D eigenvalue weighted by Crippen LogP contribution is -2.61. The molecule has 180 valence electrons. The number of aromatic hydroxyl groups is 2. The van der Waals surface area contributed by atoms with Crippen molar-refractivity contribution in [3.63, 3.8) is 0 Å². The molecule has 1 aromatic heterocycles. The number of aliphatic carboxylic acids is 1. The number of hydrogen-bond donors (Lipinski definition) is 6. The molecule has 1 aliphatic heterocycles. The highest BCUT2D eigenvalue weighted by Crippen LogP contribution is 2.43. The molecule has 3 aromatic rings. The van der Waals surface area contributed by atoms with Gasteiger partial charge in [0.05, 0.1) is 12.7 Å². The summed E-state index contributed by atoms with van der Waals surface area (Å²) in [5, 5.41) is 59.6. The van der Waals surface area contributed by atoms with Crippen molar-refractivity contribution in [3.8, 4) is 34.3 Å². The van der Waals surface area contributed by atoms with Gasteiger partial charge in [0.1, 0.15) is 41.0 Å². The number of carboxylic acids is 1. The van der Waals surface area contributed by atoms with Crippen LogP contribution in [-0.2, 0) is 9.53 Å². The predicted octanol–water partition coefficient (Wildman–Crippen LogP) is 0.151. The van der Waals surface area contributed by atoms with E-state index in [2.05, 4.69) is 0 Å². The maximum Gasteiger partial charge on any atom is 0.335 e. The number of ether oxygens (including phenoxy) is 3. The number of carboxylic acid groups (broad SMARTS) is 1. The molecule has 0 saturated carbocycles. The monoisotopic (exact) mass is 476 g/mol. The summed E-state index contributed by atoms with van der Waals surface area (Å²) in [4.78, 5) is 24.1. The zero-order chi connectivity index (χ0) is 24.7. The molecule has 12 nitrogen and oxygen atoms in total. The van der Waals surface area contributed by atoms with Crippen LogP contribution in [0.4, 0.5) is 0 Å². The third kappa shape index (κ3) is 3.88. The van der Waals surface area contributed by atoms with Gasteiger partial charge >= 0.3 is 5.97 Å². The molecule has 0 bridgehead atoms. The van der Waals surface area contributed by atoms with E-state index in [9.17, 15) is 40.2 Å². The molecule has 2 heterocycles. The number of phenolic OH excluding ortho intramolecular Hbond substituents is 2. The van der Waals surface area contributed by atoms with Gasteiger partial charge in [-0.2, -0.15) is 0 Å². The molecule has 0 radical (unpaired) electrons. The number of aliphatic hydroxyl groups excluding tert-OH is 3. The number of phenols is 2. The van der Waals surface area contributed by atoms with Crippen molar-refractivity contribution in [1.82, 2.24) is 0 Å². The summed E-state index contributed by atoms with van der Waals surface area (Å²) in [7, 11) is 1.20. The van der Waals surface area contributed by atoms with Gasteiger partial charge in [0.2, 0.25) is 12.0 Å². The molecule has 5 atom stereocenters. The fraction of sp³-hybridized carbons (Fsp3) is 0.273. The second-order valence-corrected chi connectivity index (χ2v) is 7.48. The lowest BCUT2D eigenvalue weighted by atomic mass is 9.99. The quantitative estimate of drug-likeness (QED) is 0.292. The second-order valence-electron chi connectivity index (χ2n) is 7.48. The third-order valence-corrected chi connectivity index (χ3v) is 5.33. The average Bonchev–Trinajstić information content (AvgIpc) is 2.79. The van der Waals surface area contributed by atoms with Crippen molar-refractivity contribution in [2.24, 2.45) is 0 Å². The fourth-order valence-electron chi connectivity index (χ4n) is 3.64. The largest absolute Gasteiger partial charge is 0.507 e. The lowest BCUT2D eigenvalue weighted by molar-refractivity contribution is -0.271. The van der Waals surface area contributed by atoms with Crippen LogP contribution in [0.5, 0.6) is 23.0 Å². The summed E-state index contributed by atoms with van der Waals surface area (Å²) in [6, 6.07) is 8.09. The molecule has 0 aliphatic carbocycles. The Hall–Kier alpha value is -3.84. The smallest absolute Gasteiger partial charge is 0.335 e. The van der Waals surface area contributed by atoms with Crippen molar-refractivity contribution in [3.05, 3.63) is 46.6 Å². The molecular weight excluding hydrogens is 456 g/mol. The van der Waals surface area contributed by atoms with E-state index < -0.39 is 47.9 Å². The minimum atomic E-state index is -1.93. The second kappa shape index (κ2) is 8.83. The first-order chi connectivity index (χ1) is 16.1. The molecule has 2 unspecified atom stereocenters. The number of hydrogen-bond acceptors (Lipinski definition) is 11. The Bertz CT molecular complexity index is 1300. The summed E-state index contributed by atoms with van der Waals surface area (Å²) in [6.45, 7) is 0. The normalized spacial score (nSPS) is 24.6. The highest BCUT2D eigenvalue weighted by atomic mass is 16.7. The van der Waals surface area contributed by atoms with Crippen LogP contribution in [0.15, 0.2) is 45.6 Å². The molecule has 0 spiro atoms. The Morgan fingerprint density at radius 1 is 1.00 bits per heavy atom. The van der Waals surface area contributed by atoms with E-state index in [1.807, 2.05) is 0 Å². The first-order valence-corrected chi connectivity index (χ1v) is 9.89. The maximum absolute atomic E-state index is 12.7. The molecule has 34 heavy (non-hydrogen) atoms. The van der Waals surface area contributed by atoms with Crippen LogP contribution in [0, 0.1) is 0 Å². The summed E-state index contributed by atoms with van der Waals surface area (Å²) in [6.07, 6.45) is -9.47. The Morgan fingerprint density at radius 3 is 2.35 bits per heavy atom. The lowest BCUT2D eigenvalue weighted by Gasteiger charge is -2.38. The van der Waals surface area contributed by atoms with E-state index in [1.54, 1.807) is 12.1 Å². The standard InChI is InChI=1S/C22H20O12/c1-31-18-13(33-22-17(28)15(26)16(27)20(34-22)21(29)30)7-11(25)14-10(24)6-12(32-19(14)18)8-4-2-3-5-9(8)23/h2-7,15-17,20,22-23,25-28H,1H3,(H,29,30)/t15-,16-,17?,20?,22+/m0/s1. The van der Waals surface area contributed by atoms with E-state index in [1.165, 1.54) is 19.2 Å². The van der Waals surface area contributed by atoms with Gasteiger partial charge in [-0.1, -0.05) is 12.1 Å². The predicted molar refractivity (Wildman–Crippen MR) is 113 cm³/mol. The van der Waals surface area contributed by atoms with Crippen molar-refractivity contribution in [2.45, 2.75) is 30.7 Å². The van der Waals surface area contributed by atoms with Crippen LogP contribution < -0.4 is 14.9 Å². The molecular formula is C22H20O12. The van der Waals surface area contributed by atoms with Gasteiger partial charge in [-0.15, -0.1) is 0 Å². The number of benzene rings is 2. The fourth-order valence-corrected chi connectivity index (χ4v) is 3.64. The number of aliphatic hydroxyl groups is 3. The van der Waals surface area contributed by atoms with Crippen molar-refractivity contribution >= 4 is 16.9 Å². The Kier molecular flexibility index (Phi) is 6.06. The van der Waals surface area contributed by atoms with Gasteiger partial charge in [0, 0.05) is 12.1 Å². The number of methoxy groups -OCH3 is 1. The third-order valence-electron chi connectivity index (χ3n) is 5.33. The first kappa shape index (κ1) is 23.3. The highest BCUT2D eigenvalue weighted by molar-refractivity contribution is 5.92. The zero-order valence-electron chi connectivity index (χ0n) is 17.5. The minimum Gasteiger partial charge on any atom is -0.507 e. The van der Waals surface area contributed by atoms with Gasteiger partial charge in [-0.25, -0.2) is 4.79 Å². The van der Waals surface area contributed by atoms with Crippen LogP contribution in [0.1, 0.15) is 0 Å². The minimum absolute atomic E-state index is 0.0520. The van der Waals surface area contributed by atoms with Crippen LogP contribution in [-0.4, -0.2) is 74.4 Å².